The zero-order valence-corrected chi connectivity index (χ0v) is 44.9. The molecule has 2 fully saturated rings. The van der Waals surface area contributed by atoms with Crippen LogP contribution >= 0.6 is 0 Å². The summed E-state index contributed by atoms with van der Waals surface area (Å²) in [7, 11) is 0. The lowest BCUT2D eigenvalue weighted by atomic mass is 9.98. The van der Waals surface area contributed by atoms with Crippen LogP contribution in [0.2, 0.25) is 0 Å². The SMILES string of the molecule is CC/C=C\C/C=C\C/C=C\C/C=C\CCCCCCCCCCCCCOCC(COC1OC(COC2OC(CO)C(O)C(O)C2O)C(O)C(O)C1O)OC(=O)CCCCCCCCCCCCCCCC. The average molecular weight is 1030 g/mol. The van der Waals surface area contributed by atoms with Gasteiger partial charge in [-0.05, 0) is 51.4 Å². The van der Waals surface area contributed by atoms with Gasteiger partial charge in [-0.2, -0.15) is 0 Å². The van der Waals surface area contributed by atoms with Crippen molar-refractivity contribution in [2.45, 2.75) is 280 Å². The van der Waals surface area contributed by atoms with Crippen molar-refractivity contribution in [3.05, 3.63) is 48.6 Å². The first-order valence-corrected chi connectivity index (χ1v) is 28.7. The first-order chi connectivity index (χ1) is 35.1. The molecule has 11 atom stereocenters. The highest BCUT2D eigenvalue weighted by Gasteiger charge is 2.47. The minimum absolute atomic E-state index is 0.0611. The van der Waals surface area contributed by atoms with Crippen molar-refractivity contribution in [2.75, 3.05) is 33.0 Å². The molecule has 0 aromatic carbocycles. The highest BCUT2D eigenvalue weighted by molar-refractivity contribution is 5.69. The van der Waals surface area contributed by atoms with Crippen molar-refractivity contribution in [1.29, 1.82) is 0 Å². The summed E-state index contributed by atoms with van der Waals surface area (Å²) in [5.41, 5.74) is 0. The number of aliphatic hydroxyl groups is 7. The summed E-state index contributed by atoms with van der Waals surface area (Å²) < 4.78 is 34.4. The molecule has 2 aliphatic rings. The van der Waals surface area contributed by atoms with Gasteiger partial charge in [0, 0.05) is 13.0 Å². The number of rotatable bonds is 46. The molecule has 0 aromatic rings. The van der Waals surface area contributed by atoms with E-state index in [0.717, 1.165) is 70.6 Å². The van der Waals surface area contributed by atoms with E-state index >= 15 is 0 Å². The van der Waals surface area contributed by atoms with E-state index in [4.69, 9.17) is 28.4 Å². The lowest BCUT2D eigenvalue weighted by Gasteiger charge is -2.42. The fourth-order valence-electron chi connectivity index (χ4n) is 8.98. The van der Waals surface area contributed by atoms with Crippen molar-refractivity contribution >= 4 is 5.97 Å². The van der Waals surface area contributed by atoms with E-state index < -0.39 is 80.7 Å². The molecule has 0 saturated carbocycles. The van der Waals surface area contributed by atoms with Crippen LogP contribution in [0.25, 0.3) is 0 Å². The van der Waals surface area contributed by atoms with E-state index in [1.54, 1.807) is 0 Å². The second-order valence-corrected chi connectivity index (χ2v) is 20.1. The van der Waals surface area contributed by atoms with Crippen LogP contribution in [0.15, 0.2) is 48.6 Å². The Labute approximate surface area is 435 Å². The van der Waals surface area contributed by atoms with Gasteiger partial charge in [-0.25, -0.2) is 0 Å². The Kier molecular flexibility index (Phi) is 41.4. The van der Waals surface area contributed by atoms with E-state index in [9.17, 15) is 40.5 Å². The van der Waals surface area contributed by atoms with E-state index in [1.165, 1.54) is 116 Å². The molecule has 0 amide bonds. The summed E-state index contributed by atoms with van der Waals surface area (Å²) in [6.07, 6.45) is 37.4. The summed E-state index contributed by atoms with van der Waals surface area (Å²) in [5.74, 6) is -0.376. The quantitative estimate of drug-likeness (QED) is 0.0172. The summed E-state index contributed by atoms with van der Waals surface area (Å²) >= 11 is 0. The molecule has 2 aliphatic heterocycles. The minimum Gasteiger partial charge on any atom is -0.457 e. The maximum Gasteiger partial charge on any atom is 0.306 e. The van der Waals surface area contributed by atoms with E-state index in [0.29, 0.717) is 13.0 Å². The second-order valence-electron chi connectivity index (χ2n) is 20.1. The molecule has 420 valence electrons. The van der Waals surface area contributed by atoms with Gasteiger partial charge in [-0.1, -0.05) is 204 Å². The van der Waals surface area contributed by atoms with Crippen molar-refractivity contribution in [3.8, 4) is 0 Å². The summed E-state index contributed by atoms with van der Waals surface area (Å²) in [6.45, 7) is 3.59. The predicted octanol–water partition coefficient (Wildman–Crippen LogP) is 9.91. The third kappa shape index (κ3) is 31.7. The molecule has 11 unspecified atom stereocenters. The van der Waals surface area contributed by atoms with E-state index in [-0.39, 0.29) is 25.6 Å². The monoisotopic (exact) mass is 1020 g/mol. The molecule has 0 aliphatic carbocycles. The Morgan fingerprint density at radius 3 is 1.42 bits per heavy atom. The molecule has 7 N–H and O–H groups in total. The van der Waals surface area contributed by atoms with Crippen LogP contribution < -0.4 is 0 Å². The number of unbranched alkanes of at least 4 members (excludes halogenated alkanes) is 24. The van der Waals surface area contributed by atoms with Crippen LogP contribution in [-0.4, -0.2) is 142 Å². The Bertz CT molecular complexity index is 1370. The molecule has 0 spiro atoms. The smallest absolute Gasteiger partial charge is 0.306 e. The molecular formula is C58H104O14. The fourth-order valence-corrected chi connectivity index (χ4v) is 8.98. The third-order valence-electron chi connectivity index (χ3n) is 13.6. The Balaban J connectivity index is 1.69. The first-order valence-electron chi connectivity index (χ1n) is 28.7. The molecule has 2 rings (SSSR count). The molecule has 2 heterocycles. The Hall–Kier alpha value is -2.05. The van der Waals surface area contributed by atoms with Crippen molar-refractivity contribution in [3.63, 3.8) is 0 Å². The van der Waals surface area contributed by atoms with Gasteiger partial charge in [0.15, 0.2) is 12.6 Å². The Morgan fingerprint density at radius 1 is 0.472 bits per heavy atom. The van der Waals surface area contributed by atoms with Crippen LogP contribution in [0, 0.1) is 0 Å². The standard InChI is InChI=1S/C58H104O14/c1-3-5-7-9-11-13-15-17-19-20-21-22-23-24-25-26-27-28-30-32-34-36-38-40-42-67-44-47(70-50(60)41-39-37-35-33-31-29-18-16-14-12-10-8-6-4-2)45-68-57-56(66)54(64)52(62)49(72-57)46-69-58-55(65)53(63)51(61)48(43-59)71-58/h5,7,11,13,17,19,21-22,47-49,51-59,61-66H,3-4,6,8-10,12,14-16,18,20,23-46H2,1-2H3/b7-5-,13-11-,19-17-,22-21-. The van der Waals surface area contributed by atoms with Gasteiger partial charge < -0.3 is 64.2 Å². The number of esters is 1. The maximum absolute atomic E-state index is 13.0. The van der Waals surface area contributed by atoms with Crippen molar-refractivity contribution in [2.24, 2.45) is 0 Å². The number of ether oxygens (including phenoxy) is 6. The van der Waals surface area contributed by atoms with E-state index in [2.05, 4.69) is 62.5 Å². The van der Waals surface area contributed by atoms with Gasteiger partial charge in [0.05, 0.1) is 26.4 Å². The zero-order chi connectivity index (χ0) is 52.3. The van der Waals surface area contributed by atoms with Gasteiger partial charge in [0.1, 0.15) is 54.9 Å². The zero-order valence-electron chi connectivity index (χ0n) is 44.9. The summed E-state index contributed by atoms with van der Waals surface area (Å²) in [4.78, 5) is 13.0. The number of hydrogen-bond donors (Lipinski definition) is 7. The molecule has 2 saturated heterocycles. The number of hydrogen-bond acceptors (Lipinski definition) is 14. The van der Waals surface area contributed by atoms with Crippen LogP contribution in [0.5, 0.6) is 0 Å². The number of aliphatic hydroxyl groups excluding tert-OH is 7. The molecule has 0 radical (unpaired) electrons. The highest BCUT2D eigenvalue weighted by atomic mass is 16.7. The first kappa shape index (κ1) is 66.1. The Morgan fingerprint density at radius 2 is 0.903 bits per heavy atom. The largest absolute Gasteiger partial charge is 0.457 e. The maximum atomic E-state index is 13.0. The van der Waals surface area contributed by atoms with Crippen LogP contribution in [0.1, 0.15) is 213 Å². The van der Waals surface area contributed by atoms with Crippen molar-refractivity contribution in [1.82, 2.24) is 0 Å². The van der Waals surface area contributed by atoms with Gasteiger partial charge in [0.25, 0.3) is 0 Å². The lowest BCUT2D eigenvalue weighted by Crippen LogP contribution is -2.61. The number of carbonyl (C=O) groups is 1. The summed E-state index contributed by atoms with van der Waals surface area (Å²) in [5, 5.41) is 72.3. The molecule has 0 aromatic heterocycles. The molecule has 14 heteroatoms. The molecular weight excluding hydrogens is 921 g/mol. The van der Waals surface area contributed by atoms with Crippen LogP contribution in [-0.2, 0) is 33.2 Å². The lowest BCUT2D eigenvalue weighted by molar-refractivity contribution is -0.332. The number of allylic oxidation sites excluding steroid dienone is 8. The van der Waals surface area contributed by atoms with Gasteiger partial charge >= 0.3 is 5.97 Å². The number of carbonyl (C=O) groups excluding carboxylic acids is 1. The van der Waals surface area contributed by atoms with Crippen LogP contribution in [0.4, 0.5) is 0 Å². The van der Waals surface area contributed by atoms with Gasteiger partial charge in [0.2, 0.25) is 0 Å². The molecule has 14 nitrogen and oxygen atoms in total. The van der Waals surface area contributed by atoms with Crippen LogP contribution in [0.3, 0.4) is 0 Å². The minimum atomic E-state index is -1.71. The molecule has 0 bridgehead atoms. The van der Waals surface area contributed by atoms with Crippen molar-refractivity contribution < 1.29 is 69.0 Å². The average Bonchev–Trinajstić information content (AvgIpc) is 3.38. The normalized spacial score (nSPS) is 25.5. The predicted molar refractivity (Wildman–Crippen MR) is 284 cm³/mol. The van der Waals surface area contributed by atoms with Gasteiger partial charge in [-0.3, -0.25) is 4.79 Å². The third-order valence-corrected chi connectivity index (χ3v) is 13.6. The van der Waals surface area contributed by atoms with E-state index in [1.807, 2.05) is 0 Å². The second kappa shape index (κ2) is 45.2. The summed E-state index contributed by atoms with van der Waals surface area (Å²) in [6, 6.07) is 0. The highest BCUT2D eigenvalue weighted by Crippen LogP contribution is 2.27. The molecule has 72 heavy (non-hydrogen) atoms. The van der Waals surface area contributed by atoms with Gasteiger partial charge in [-0.15, -0.1) is 0 Å². The fraction of sp³-hybridized carbons (Fsp3) is 0.845. The topological polar surface area (TPSA) is 214 Å².